The molecule has 132 valence electrons. The van der Waals surface area contributed by atoms with Crippen molar-refractivity contribution in [2.24, 2.45) is 0 Å². The Morgan fingerprint density at radius 1 is 1.08 bits per heavy atom. The van der Waals surface area contributed by atoms with Crippen LogP contribution in [0.15, 0.2) is 42.5 Å². The molecule has 0 aliphatic heterocycles. The number of ether oxygens (including phenoxy) is 3. The summed E-state index contributed by atoms with van der Waals surface area (Å²) in [4.78, 5) is 24.5. The highest BCUT2D eigenvalue weighted by molar-refractivity contribution is 6.02. The standard InChI is InChI=1S/C19H20O6/c1-4-24-14-7-5-13(6-8-14)18(21)12(2)25-19(22)16-10-9-15(23-3)11-17(16)20/h5-12,20H,4H2,1-3H3/t12-/m1/s1. The summed E-state index contributed by atoms with van der Waals surface area (Å²) in [5.41, 5.74) is 0.370. The van der Waals surface area contributed by atoms with Crippen molar-refractivity contribution in [2.45, 2.75) is 20.0 Å². The third kappa shape index (κ3) is 4.50. The number of phenolic OH excluding ortho intramolecular Hbond substituents is 1. The van der Waals surface area contributed by atoms with Crippen LogP contribution in [0, 0.1) is 0 Å². The summed E-state index contributed by atoms with van der Waals surface area (Å²) in [5.74, 6) is -0.333. The van der Waals surface area contributed by atoms with Gasteiger partial charge in [-0.25, -0.2) is 4.79 Å². The van der Waals surface area contributed by atoms with Crippen molar-refractivity contribution in [3.8, 4) is 17.2 Å². The first-order valence-corrected chi connectivity index (χ1v) is 7.81. The summed E-state index contributed by atoms with van der Waals surface area (Å²) >= 11 is 0. The summed E-state index contributed by atoms with van der Waals surface area (Å²) in [6, 6.07) is 10.8. The van der Waals surface area contributed by atoms with Crippen LogP contribution in [0.4, 0.5) is 0 Å². The fourth-order valence-electron chi connectivity index (χ4n) is 2.21. The predicted octanol–water partition coefficient (Wildman–Crippen LogP) is 3.23. The maximum absolute atomic E-state index is 12.4. The normalized spacial score (nSPS) is 11.5. The van der Waals surface area contributed by atoms with Crippen LogP contribution in [-0.4, -0.2) is 36.7 Å². The number of carbonyl (C=O) groups is 2. The van der Waals surface area contributed by atoms with Crippen molar-refractivity contribution in [2.75, 3.05) is 13.7 Å². The Hall–Kier alpha value is -3.02. The van der Waals surface area contributed by atoms with Gasteiger partial charge in [-0.2, -0.15) is 0 Å². The number of carbonyl (C=O) groups excluding carboxylic acids is 2. The Balaban J connectivity index is 2.06. The average molecular weight is 344 g/mol. The summed E-state index contributed by atoms with van der Waals surface area (Å²) < 4.78 is 15.4. The highest BCUT2D eigenvalue weighted by Gasteiger charge is 2.22. The second-order valence-electron chi connectivity index (χ2n) is 5.25. The fraction of sp³-hybridized carbons (Fsp3) is 0.263. The van der Waals surface area contributed by atoms with Crippen LogP contribution in [-0.2, 0) is 4.74 Å². The second-order valence-corrected chi connectivity index (χ2v) is 5.25. The maximum atomic E-state index is 12.4. The molecule has 0 amide bonds. The first kappa shape index (κ1) is 18.3. The number of aromatic hydroxyl groups is 1. The zero-order chi connectivity index (χ0) is 18.4. The molecule has 0 aliphatic carbocycles. The summed E-state index contributed by atoms with van der Waals surface area (Å²) in [5, 5.41) is 9.86. The van der Waals surface area contributed by atoms with Gasteiger partial charge in [-0.05, 0) is 50.2 Å². The highest BCUT2D eigenvalue weighted by atomic mass is 16.5. The molecule has 0 heterocycles. The minimum Gasteiger partial charge on any atom is -0.507 e. The lowest BCUT2D eigenvalue weighted by molar-refractivity contribution is 0.0316. The van der Waals surface area contributed by atoms with Gasteiger partial charge in [0.15, 0.2) is 6.10 Å². The number of esters is 1. The number of hydrogen-bond acceptors (Lipinski definition) is 6. The fourth-order valence-corrected chi connectivity index (χ4v) is 2.21. The molecule has 0 saturated carbocycles. The van der Waals surface area contributed by atoms with Crippen molar-refractivity contribution >= 4 is 11.8 Å². The molecular weight excluding hydrogens is 324 g/mol. The molecule has 2 rings (SSSR count). The van der Waals surface area contributed by atoms with Crippen molar-refractivity contribution in [1.82, 2.24) is 0 Å². The molecule has 0 saturated heterocycles. The minimum absolute atomic E-state index is 0.0351. The Morgan fingerprint density at radius 3 is 2.28 bits per heavy atom. The molecular formula is C19H20O6. The van der Waals surface area contributed by atoms with Gasteiger partial charge in [-0.1, -0.05) is 0 Å². The minimum atomic E-state index is -0.994. The largest absolute Gasteiger partial charge is 0.507 e. The van der Waals surface area contributed by atoms with Gasteiger partial charge in [0.1, 0.15) is 22.8 Å². The van der Waals surface area contributed by atoms with Crippen LogP contribution in [0.25, 0.3) is 0 Å². The molecule has 25 heavy (non-hydrogen) atoms. The average Bonchev–Trinajstić information content (AvgIpc) is 2.61. The number of methoxy groups -OCH3 is 1. The quantitative estimate of drug-likeness (QED) is 0.613. The molecule has 6 heteroatoms. The van der Waals surface area contributed by atoms with Gasteiger partial charge in [0, 0.05) is 11.6 Å². The van der Waals surface area contributed by atoms with Crippen LogP contribution in [0.2, 0.25) is 0 Å². The molecule has 1 N–H and O–H groups in total. The molecule has 6 nitrogen and oxygen atoms in total. The van der Waals surface area contributed by atoms with Crippen LogP contribution >= 0.6 is 0 Å². The van der Waals surface area contributed by atoms with Gasteiger partial charge >= 0.3 is 5.97 Å². The molecule has 0 unspecified atom stereocenters. The third-order valence-electron chi connectivity index (χ3n) is 3.53. The van der Waals surface area contributed by atoms with Crippen molar-refractivity contribution in [1.29, 1.82) is 0 Å². The van der Waals surface area contributed by atoms with Gasteiger partial charge in [-0.15, -0.1) is 0 Å². The van der Waals surface area contributed by atoms with E-state index in [2.05, 4.69) is 0 Å². The number of ketones is 1. The Labute approximate surface area is 146 Å². The zero-order valence-electron chi connectivity index (χ0n) is 14.3. The van der Waals surface area contributed by atoms with E-state index in [4.69, 9.17) is 14.2 Å². The molecule has 0 radical (unpaired) electrons. The van der Waals surface area contributed by atoms with E-state index in [-0.39, 0.29) is 17.1 Å². The molecule has 1 atom stereocenters. The van der Waals surface area contributed by atoms with E-state index in [0.717, 1.165) is 0 Å². The predicted molar refractivity (Wildman–Crippen MR) is 91.5 cm³/mol. The molecule has 0 fully saturated rings. The van der Waals surface area contributed by atoms with Crippen molar-refractivity contribution in [3.63, 3.8) is 0 Å². The first-order valence-electron chi connectivity index (χ1n) is 7.81. The van der Waals surface area contributed by atoms with Crippen molar-refractivity contribution in [3.05, 3.63) is 53.6 Å². The summed E-state index contributed by atoms with van der Waals surface area (Å²) in [7, 11) is 1.45. The second kappa shape index (κ2) is 8.19. The Kier molecular flexibility index (Phi) is 6.00. The van der Waals surface area contributed by atoms with Gasteiger partial charge < -0.3 is 19.3 Å². The number of benzene rings is 2. The topological polar surface area (TPSA) is 82.1 Å². The monoisotopic (exact) mass is 344 g/mol. The van der Waals surface area contributed by atoms with E-state index in [0.29, 0.717) is 23.7 Å². The molecule has 0 aliphatic rings. The number of rotatable bonds is 7. The molecule has 0 bridgehead atoms. The Morgan fingerprint density at radius 2 is 1.72 bits per heavy atom. The lowest BCUT2D eigenvalue weighted by Gasteiger charge is -2.13. The molecule has 0 spiro atoms. The van der Waals surface area contributed by atoms with E-state index < -0.39 is 12.1 Å². The van der Waals surface area contributed by atoms with E-state index in [1.807, 2.05) is 6.92 Å². The van der Waals surface area contributed by atoms with Gasteiger partial charge in [0.25, 0.3) is 0 Å². The maximum Gasteiger partial charge on any atom is 0.342 e. The highest BCUT2D eigenvalue weighted by Crippen LogP contribution is 2.24. The lowest BCUT2D eigenvalue weighted by atomic mass is 10.1. The SMILES string of the molecule is CCOc1ccc(C(=O)[C@@H](C)OC(=O)c2ccc(OC)cc2O)cc1. The van der Waals surface area contributed by atoms with Crippen LogP contribution < -0.4 is 9.47 Å². The lowest BCUT2D eigenvalue weighted by Crippen LogP contribution is -2.24. The van der Waals surface area contributed by atoms with E-state index in [1.54, 1.807) is 24.3 Å². The van der Waals surface area contributed by atoms with Gasteiger partial charge in [-0.3, -0.25) is 4.79 Å². The van der Waals surface area contributed by atoms with E-state index >= 15 is 0 Å². The number of Topliss-reactive ketones (excluding diaryl/α,β-unsaturated/α-hetero) is 1. The number of phenols is 1. The molecule has 2 aromatic rings. The third-order valence-corrected chi connectivity index (χ3v) is 3.53. The summed E-state index contributed by atoms with van der Waals surface area (Å²) in [6.45, 7) is 3.89. The molecule has 0 aromatic heterocycles. The molecule has 2 aromatic carbocycles. The van der Waals surface area contributed by atoms with E-state index in [1.165, 1.54) is 32.2 Å². The van der Waals surface area contributed by atoms with Crippen LogP contribution in [0.5, 0.6) is 17.2 Å². The summed E-state index contributed by atoms with van der Waals surface area (Å²) in [6.07, 6.45) is -0.994. The Bertz CT molecular complexity index is 751. The van der Waals surface area contributed by atoms with E-state index in [9.17, 15) is 14.7 Å². The van der Waals surface area contributed by atoms with Gasteiger partial charge in [0.05, 0.1) is 13.7 Å². The number of hydrogen-bond donors (Lipinski definition) is 1. The smallest absolute Gasteiger partial charge is 0.342 e. The van der Waals surface area contributed by atoms with Gasteiger partial charge in [0.2, 0.25) is 5.78 Å². The van der Waals surface area contributed by atoms with Crippen LogP contribution in [0.3, 0.4) is 0 Å². The van der Waals surface area contributed by atoms with Crippen LogP contribution in [0.1, 0.15) is 34.6 Å². The first-order chi connectivity index (χ1) is 12.0. The zero-order valence-corrected chi connectivity index (χ0v) is 14.3. The van der Waals surface area contributed by atoms with Crippen molar-refractivity contribution < 1.29 is 28.9 Å².